The third-order valence-electron chi connectivity index (χ3n) is 4.20. The summed E-state index contributed by atoms with van der Waals surface area (Å²) in [5.41, 5.74) is 2.12. The predicted octanol–water partition coefficient (Wildman–Crippen LogP) is 4.70. The van der Waals surface area contributed by atoms with Crippen LogP contribution in [-0.4, -0.2) is 22.2 Å². The number of aromatic hydroxyl groups is 1. The first-order chi connectivity index (χ1) is 12.5. The van der Waals surface area contributed by atoms with Crippen LogP contribution in [0.4, 0.5) is 5.69 Å². The zero-order chi connectivity index (χ0) is 18.7. The molecule has 0 radical (unpaired) electrons. The second kappa shape index (κ2) is 7.39. The second-order valence-electron chi connectivity index (χ2n) is 6.32. The molecule has 1 aromatic heterocycles. The molecule has 0 aliphatic heterocycles. The number of para-hydroxylation sites is 2. The van der Waals surface area contributed by atoms with Crippen LogP contribution in [0, 0.1) is 0 Å². The van der Waals surface area contributed by atoms with Gasteiger partial charge in [0.05, 0.1) is 5.52 Å². The van der Waals surface area contributed by atoms with Gasteiger partial charge in [-0.3, -0.25) is 4.79 Å². The van der Waals surface area contributed by atoms with E-state index in [9.17, 15) is 9.90 Å². The van der Waals surface area contributed by atoms with E-state index in [0.717, 1.165) is 16.5 Å². The molecule has 0 atom stereocenters. The largest absolute Gasteiger partial charge is 0.493 e. The minimum Gasteiger partial charge on any atom is -0.493 e. The molecule has 0 saturated carbocycles. The molecule has 0 saturated heterocycles. The van der Waals surface area contributed by atoms with Crippen LogP contribution in [0.3, 0.4) is 0 Å². The van der Waals surface area contributed by atoms with E-state index >= 15 is 0 Å². The van der Waals surface area contributed by atoms with E-state index in [1.54, 1.807) is 11.6 Å². The number of ether oxygens (including phenoxy) is 1. The smallest absolute Gasteiger partial charge is 0.302 e. The Hall–Kier alpha value is -3.15. The third kappa shape index (κ3) is 3.44. The van der Waals surface area contributed by atoms with Crippen LogP contribution in [-0.2, 0) is 11.8 Å². The Morgan fingerprint density at radius 2 is 1.85 bits per heavy atom. The summed E-state index contributed by atoms with van der Waals surface area (Å²) in [6.45, 7) is 3.92. The number of aryl methyl sites for hydroxylation is 1. The fourth-order valence-corrected chi connectivity index (χ4v) is 2.82. The highest BCUT2D eigenvalue weighted by molar-refractivity contribution is 5.95. The molecule has 0 unspecified atom stereocenters. The van der Waals surface area contributed by atoms with Crippen LogP contribution in [0.15, 0.2) is 58.8 Å². The van der Waals surface area contributed by atoms with Gasteiger partial charge in [-0.2, -0.15) is 0 Å². The van der Waals surface area contributed by atoms with E-state index in [4.69, 9.17) is 4.74 Å². The van der Waals surface area contributed by atoms with Gasteiger partial charge < -0.3 is 14.4 Å². The number of azo groups is 1. The Kier molecular flexibility index (Phi) is 5.02. The summed E-state index contributed by atoms with van der Waals surface area (Å²) in [6, 6.07) is 15.0. The number of benzene rings is 2. The summed E-state index contributed by atoms with van der Waals surface area (Å²) in [4.78, 5) is 12.1. The molecule has 3 rings (SSSR count). The summed E-state index contributed by atoms with van der Waals surface area (Å²) in [6.07, 6.45) is 0. The molecular formula is C20H21N3O3. The molecule has 0 aliphatic carbocycles. The van der Waals surface area contributed by atoms with Crippen molar-refractivity contribution in [1.29, 1.82) is 0 Å². The van der Waals surface area contributed by atoms with Crippen molar-refractivity contribution in [3.8, 4) is 11.6 Å². The average molecular weight is 351 g/mol. The SMILES string of the molecule is CC(C)c1ccccc1OCC(=O)N=Nc1c(O)n(C)c2ccccc12. The number of amides is 1. The molecular weight excluding hydrogens is 330 g/mol. The number of carbonyl (C=O) groups excluding carboxylic acids is 1. The molecule has 1 N–H and O–H groups in total. The first-order valence-electron chi connectivity index (χ1n) is 8.41. The zero-order valence-electron chi connectivity index (χ0n) is 15.0. The van der Waals surface area contributed by atoms with Gasteiger partial charge in [0.25, 0.3) is 0 Å². The van der Waals surface area contributed by atoms with Gasteiger partial charge in [-0.1, -0.05) is 50.2 Å². The fraction of sp³-hybridized carbons (Fsp3) is 0.250. The minimum atomic E-state index is -0.518. The second-order valence-corrected chi connectivity index (χ2v) is 6.32. The Bertz CT molecular complexity index is 974. The first-order valence-corrected chi connectivity index (χ1v) is 8.41. The third-order valence-corrected chi connectivity index (χ3v) is 4.20. The number of hydrogen-bond donors (Lipinski definition) is 1. The summed E-state index contributed by atoms with van der Waals surface area (Å²) < 4.78 is 7.20. The van der Waals surface area contributed by atoms with Crippen LogP contribution < -0.4 is 4.74 Å². The standard InChI is InChI=1S/C20H21N3O3/c1-13(2)14-8-5-7-11-17(14)26-12-18(24)21-22-19-15-9-4-6-10-16(15)23(3)20(19)25/h4-11,13,25H,12H2,1-3H3. The van der Waals surface area contributed by atoms with Crippen molar-refractivity contribution in [3.05, 3.63) is 54.1 Å². The van der Waals surface area contributed by atoms with E-state index in [0.29, 0.717) is 5.75 Å². The number of fused-ring (bicyclic) bond motifs is 1. The van der Waals surface area contributed by atoms with Crippen molar-refractivity contribution in [2.24, 2.45) is 17.3 Å². The van der Waals surface area contributed by atoms with Gasteiger partial charge >= 0.3 is 5.91 Å². The number of hydrogen-bond acceptors (Lipinski definition) is 4. The highest BCUT2D eigenvalue weighted by Crippen LogP contribution is 2.37. The highest BCUT2D eigenvalue weighted by Gasteiger charge is 2.14. The van der Waals surface area contributed by atoms with E-state index in [-0.39, 0.29) is 24.1 Å². The van der Waals surface area contributed by atoms with Gasteiger partial charge in [0.15, 0.2) is 12.3 Å². The normalized spacial score (nSPS) is 11.5. The molecule has 1 heterocycles. The molecule has 6 heteroatoms. The Labute approximate surface area is 151 Å². The monoisotopic (exact) mass is 351 g/mol. The Morgan fingerprint density at radius 3 is 2.62 bits per heavy atom. The van der Waals surface area contributed by atoms with Crippen molar-refractivity contribution >= 4 is 22.5 Å². The number of aromatic nitrogens is 1. The zero-order valence-corrected chi connectivity index (χ0v) is 15.0. The van der Waals surface area contributed by atoms with Gasteiger partial charge in [-0.05, 0) is 23.6 Å². The number of carbonyl (C=O) groups is 1. The van der Waals surface area contributed by atoms with Crippen LogP contribution in [0.1, 0.15) is 25.3 Å². The first kappa shape index (κ1) is 17.7. The lowest BCUT2D eigenvalue weighted by Crippen LogP contribution is -2.09. The lowest BCUT2D eigenvalue weighted by Gasteiger charge is -2.12. The van der Waals surface area contributed by atoms with Crippen molar-refractivity contribution in [2.75, 3.05) is 6.61 Å². The van der Waals surface area contributed by atoms with Crippen LogP contribution in [0.25, 0.3) is 10.9 Å². The van der Waals surface area contributed by atoms with E-state index in [2.05, 4.69) is 24.1 Å². The molecule has 6 nitrogen and oxygen atoms in total. The molecule has 0 bridgehead atoms. The molecule has 134 valence electrons. The van der Waals surface area contributed by atoms with Crippen molar-refractivity contribution in [3.63, 3.8) is 0 Å². The molecule has 26 heavy (non-hydrogen) atoms. The molecule has 0 spiro atoms. The van der Waals surface area contributed by atoms with E-state index in [1.807, 2.05) is 48.5 Å². The van der Waals surface area contributed by atoms with Gasteiger partial charge in [0.1, 0.15) is 5.75 Å². The van der Waals surface area contributed by atoms with Crippen LogP contribution in [0.5, 0.6) is 11.6 Å². The highest BCUT2D eigenvalue weighted by atomic mass is 16.5. The van der Waals surface area contributed by atoms with Crippen molar-refractivity contribution < 1.29 is 14.6 Å². The van der Waals surface area contributed by atoms with Gasteiger partial charge in [-0.25, -0.2) is 0 Å². The van der Waals surface area contributed by atoms with Crippen molar-refractivity contribution in [1.82, 2.24) is 4.57 Å². The van der Waals surface area contributed by atoms with E-state index in [1.165, 1.54) is 0 Å². The van der Waals surface area contributed by atoms with Crippen molar-refractivity contribution in [2.45, 2.75) is 19.8 Å². The molecule has 0 aliphatic rings. The minimum absolute atomic E-state index is 0.0335. The Morgan fingerprint density at radius 1 is 1.15 bits per heavy atom. The molecule has 3 aromatic rings. The average Bonchev–Trinajstić information content (AvgIpc) is 2.89. The number of rotatable bonds is 5. The van der Waals surface area contributed by atoms with Crippen LogP contribution in [0.2, 0.25) is 0 Å². The quantitative estimate of drug-likeness (QED) is 0.677. The predicted molar refractivity (Wildman–Crippen MR) is 100 cm³/mol. The number of nitrogens with zero attached hydrogens (tertiary/aromatic N) is 3. The summed E-state index contributed by atoms with van der Waals surface area (Å²) in [5.74, 6) is 0.402. The summed E-state index contributed by atoms with van der Waals surface area (Å²) in [7, 11) is 1.73. The molecule has 0 fully saturated rings. The van der Waals surface area contributed by atoms with E-state index < -0.39 is 5.91 Å². The van der Waals surface area contributed by atoms with Gasteiger partial charge in [-0.15, -0.1) is 10.2 Å². The maximum Gasteiger partial charge on any atom is 0.302 e. The van der Waals surface area contributed by atoms with Crippen LogP contribution >= 0.6 is 0 Å². The maximum absolute atomic E-state index is 12.1. The fourth-order valence-electron chi connectivity index (χ4n) is 2.82. The topological polar surface area (TPSA) is 76.2 Å². The lowest BCUT2D eigenvalue weighted by molar-refractivity contribution is -0.120. The summed E-state index contributed by atoms with van der Waals surface area (Å²) in [5, 5.41) is 18.6. The Balaban J connectivity index is 1.75. The molecule has 1 amide bonds. The lowest BCUT2D eigenvalue weighted by atomic mass is 10.0. The summed E-state index contributed by atoms with van der Waals surface area (Å²) >= 11 is 0. The van der Waals surface area contributed by atoms with Gasteiger partial charge in [0, 0.05) is 12.4 Å². The molecule has 2 aromatic carbocycles. The maximum atomic E-state index is 12.1. The van der Waals surface area contributed by atoms with Gasteiger partial charge in [0.2, 0.25) is 5.88 Å².